The monoisotopic (exact) mass is 351 g/mol. The fraction of sp³-hybridized carbons (Fsp3) is 0.304. The summed E-state index contributed by atoms with van der Waals surface area (Å²) in [5.41, 5.74) is 4.53. The van der Waals surface area contributed by atoms with Crippen LogP contribution in [-0.4, -0.2) is 19.8 Å². The highest BCUT2D eigenvalue weighted by molar-refractivity contribution is 5.85. The van der Waals surface area contributed by atoms with Gasteiger partial charge >= 0.3 is 0 Å². The lowest BCUT2D eigenvalue weighted by Gasteiger charge is -2.22. The summed E-state index contributed by atoms with van der Waals surface area (Å²) in [6.45, 7) is 11.4. The predicted molar refractivity (Wildman–Crippen MR) is 110 cm³/mol. The molecule has 0 saturated heterocycles. The second kappa shape index (κ2) is 9.83. The molecule has 2 rings (SSSR count). The van der Waals surface area contributed by atoms with Gasteiger partial charge in [0.15, 0.2) is 11.5 Å². The number of hydrogen-bond acceptors (Lipinski definition) is 3. The van der Waals surface area contributed by atoms with Crippen LogP contribution >= 0.6 is 0 Å². The van der Waals surface area contributed by atoms with Crippen molar-refractivity contribution in [3.05, 3.63) is 77.9 Å². The van der Waals surface area contributed by atoms with E-state index in [4.69, 9.17) is 9.47 Å². The Kier molecular flexibility index (Phi) is 7.49. The van der Waals surface area contributed by atoms with Crippen molar-refractivity contribution in [3.63, 3.8) is 0 Å². The molecule has 0 bridgehead atoms. The van der Waals surface area contributed by atoms with Gasteiger partial charge in [0.1, 0.15) is 0 Å². The van der Waals surface area contributed by atoms with Gasteiger partial charge in [-0.2, -0.15) is 0 Å². The molecule has 0 spiro atoms. The Bertz CT molecular complexity index is 748. The molecule has 0 heterocycles. The summed E-state index contributed by atoms with van der Waals surface area (Å²) in [4.78, 5) is 0. The normalized spacial score (nSPS) is 11.5. The standard InChI is InChI=1S/C23H29NO2/c1-6-15-24-16-19-13-14-21(25-5)23(26-17(3)4)22(19)20(7-2)18-11-9-8-10-12-18/h6-14,17,24H,1,15-16H2,2-5H3/b20-7+. The Morgan fingerprint density at radius 3 is 2.46 bits per heavy atom. The Hall–Kier alpha value is -2.52. The van der Waals surface area contributed by atoms with Crippen molar-refractivity contribution in [3.8, 4) is 11.5 Å². The molecular weight excluding hydrogens is 322 g/mol. The number of allylic oxidation sites excluding steroid dienone is 1. The summed E-state index contributed by atoms with van der Waals surface area (Å²) in [6.07, 6.45) is 4.05. The molecule has 0 aliphatic heterocycles. The Morgan fingerprint density at radius 1 is 1.15 bits per heavy atom. The molecular formula is C23H29NO2. The molecule has 2 aromatic rings. The van der Waals surface area contributed by atoms with Gasteiger partial charge in [0, 0.05) is 18.7 Å². The van der Waals surface area contributed by atoms with Crippen LogP contribution < -0.4 is 14.8 Å². The number of hydrogen-bond donors (Lipinski definition) is 1. The first-order valence-corrected chi connectivity index (χ1v) is 9.02. The van der Waals surface area contributed by atoms with Gasteiger partial charge in [0.2, 0.25) is 0 Å². The molecule has 0 amide bonds. The molecule has 2 aromatic carbocycles. The van der Waals surface area contributed by atoms with Crippen LogP contribution in [0.15, 0.2) is 61.2 Å². The van der Waals surface area contributed by atoms with Crippen LogP contribution in [0.25, 0.3) is 5.57 Å². The molecule has 3 heteroatoms. The highest BCUT2D eigenvalue weighted by atomic mass is 16.5. The van der Waals surface area contributed by atoms with Gasteiger partial charge < -0.3 is 14.8 Å². The van der Waals surface area contributed by atoms with E-state index in [2.05, 4.69) is 55.2 Å². The third-order valence-electron chi connectivity index (χ3n) is 4.03. The number of benzene rings is 2. The largest absolute Gasteiger partial charge is 0.493 e. The topological polar surface area (TPSA) is 30.5 Å². The maximum absolute atomic E-state index is 6.20. The van der Waals surface area contributed by atoms with Crippen molar-refractivity contribution in [2.75, 3.05) is 13.7 Å². The molecule has 0 unspecified atom stereocenters. The Labute approximate surface area is 157 Å². The number of nitrogens with one attached hydrogen (secondary N) is 1. The van der Waals surface area contributed by atoms with Gasteiger partial charge in [-0.05, 0) is 43.5 Å². The van der Waals surface area contributed by atoms with E-state index in [-0.39, 0.29) is 6.10 Å². The van der Waals surface area contributed by atoms with E-state index in [1.807, 2.05) is 32.1 Å². The fourth-order valence-corrected chi connectivity index (χ4v) is 2.94. The van der Waals surface area contributed by atoms with Crippen molar-refractivity contribution in [1.82, 2.24) is 5.32 Å². The van der Waals surface area contributed by atoms with Gasteiger partial charge in [0.25, 0.3) is 0 Å². The molecule has 138 valence electrons. The van der Waals surface area contributed by atoms with Gasteiger partial charge in [-0.1, -0.05) is 48.6 Å². The SMILES string of the molecule is C=CCNCc1ccc(OC)c(OC(C)C)c1/C(=C/C)c1ccccc1. The second-order valence-electron chi connectivity index (χ2n) is 6.29. The average Bonchev–Trinajstić information content (AvgIpc) is 2.65. The quantitative estimate of drug-likeness (QED) is 0.497. The lowest BCUT2D eigenvalue weighted by atomic mass is 9.92. The average molecular weight is 351 g/mol. The smallest absolute Gasteiger partial charge is 0.169 e. The van der Waals surface area contributed by atoms with E-state index < -0.39 is 0 Å². The molecule has 3 nitrogen and oxygen atoms in total. The minimum absolute atomic E-state index is 0.0490. The van der Waals surface area contributed by atoms with E-state index in [1.54, 1.807) is 7.11 Å². The number of ether oxygens (including phenoxy) is 2. The van der Waals surface area contributed by atoms with E-state index >= 15 is 0 Å². The van der Waals surface area contributed by atoms with Gasteiger partial charge in [0.05, 0.1) is 13.2 Å². The summed E-state index contributed by atoms with van der Waals surface area (Å²) in [7, 11) is 1.68. The molecule has 0 atom stereocenters. The van der Waals surface area contributed by atoms with Gasteiger partial charge in [-0.15, -0.1) is 6.58 Å². The van der Waals surface area contributed by atoms with Crippen LogP contribution in [0.1, 0.15) is 37.5 Å². The van der Waals surface area contributed by atoms with E-state index in [0.717, 1.165) is 41.3 Å². The predicted octanol–water partition coefficient (Wildman–Crippen LogP) is 5.21. The summed E-state index contributed by atoms with van der Waals surface area (Å²) in [6, 6.07) is 14.5. The molecule has 0 aliphatic rings. The first-order valence-electron chi connectivity index (χ1n) is 9.02. The molecule has 0 aromatic heterocycles. The molecule has 26 heavy (non-hydrogen) atoms. The van der Waals surface area contributed by atoms with E-state index in [1.165, 1.54) is 5.56 Å². The molecule has 0 aliphatic carbocycles. The molecule has 0 radical (unpaired) electrons. The van der Waals surface area contributed by atoms with Crippen molar-refractivity contribution >= 4 is 5.57 Å². The molecule has 1 N–H and O–H groups in total. The minimum Gasteiger partial charge on any atom is -0.493 e. The minimum atomic E-state index is 0.0490. The van der Waals surface area contributed by atoms with Crippen molar-refractivity contribution < 1.29 is 9.47 Å². The maximum atomic E-state index is 6.20. The zero-order valence-corrected chi connectivity index (χ0v) is 16.2. The van der Waals surface area contributed by atoms with Gasteiger partial charge in [-0.25, -0.2) is 0 Å². The van der Waals surface area contributed by atoms with Gasteiger partial charge in [-0.3, -0.25) is 0 Å². The number of rotatable bonds is 9. The third kappa shape index (κ3) is 4.77. The first-order chi connectivity index (χ1) is 12.6. The van der Waals surface area contributed by atoms with Crippen LogP contribution in [0.3, 0.4) is 0 Å². The third-order valence-corrected chi connectivity index (χ3v) is 4.03. The van der Waals surface area contributed by atoms with E-state index in [9.17, 15) is 0 Å². The maximum Gasteiger partial charge on any atom is 0.169 e. The van der Waals surface area contributed by atoms with Crippen molar-refractivity contribution in [2.24, 2.45) is 0 Å². The van der Waals surface area contributed by atoms with Crippen LogP contribution in [0.2, 0.25) is 0 Å². The lowest BCUT2D eigenvalue weighted by Crippen LogP contribution is -2.16. The highest BCUT2D eigenvalue weighted by Crippen LogP contribution is 2.41. The van der Waals surface area contributed by atoms with Crippen LogP contribution in [0, 0.1) is 0 Å². The Morgan fingerprint density at radius 2 is 1.88 bits per heavy atom. The lowest BCUT2D eigenvalue weighted by molar-refractivity contribution is 0.229. The van der Waals surface area contributed by atoms with Crippen molar-refractivity contribution in [2.45, 2.75) is 33.4 Å². The summed E-state index contributed by atoms with van der Waals surface area (Å²) in [5, 5.41) is 3.40. The second-order valence-corrected chi connectivity index (χ2v) is 6.29. The molecule has 0 saturated carbocycles. The van der Waals surface area contributed by atoms with Crippen LogP contribution in [-0.2, 0) is 6.54 Å². The zero-order chi connectivity index (χ0) is 18.9. The van der Waals surface area contributed by atoms with Crippen LogP contribution in [0.5, 0.6) is 11.5 Å². The fourth-order valence-electron chi connectivity index (χ4n) is 2.94. The zero-order valence-electron chi connectivity index (χ0n) is 16.2. The summed E-state index contributed by atoms with van der Waals surface area (Å²) >= 11 is 0. The van der Waals surface area contributed by atoms with E-state index in [0.29, 0.717) is 0 Å². The van der Waals surface area contributed by atoms with Crippen LogP contribution in [0.4, 0.5) is 0 Å². The Balaban J connectivity index is 2.65. The van der Waals surface area contributed by atoms with Crippen molar-refractivity contribution in [1.29, 1.82) is 0 Å². The number of methoxy groups -OCH3 is 1. The summed E-state index contributed by atoms with van der Waals surface area (Å²) < 4.78 is 11.8. The molecule has 0 fully saturated rings. The first kappa shape index (κ1) is 19.8. The highest BCUT2D eigenvalue weighted by Gasteiger charge is 2.20. The summed E-state index contributed by atoms with van der Waals surface area (Å²) in [5.74, 6) is 1.54.